The first-order valence-electron chi connectivity index (χ1n) is 10.1. The zero-order valence-corrected chi connectivity index (χ0v) is 17.0. The molecule has 142 valence electrons. The van der Waals surface area contributed by atoms with E-state index in [1.54, 1.807) is 0 Å². The number of hydrogen-bond acceptors (Lipinski definition) is 2. The average Bonchev–Trinajstić information content (AvgIpc) is 2.68. The van der Waals surface area contributed by atoms with E-state index in [0.717, 1.165) is 17.0 Å². The predicted molar refractivity (Wildman–Crippen MR) is 112 cm³/mol. The van der Waals surface area contributed by atoms with E-state index < -0.39 is 0 Å². The van der Waals surface area contributed by atoms with Crippen LogP contribution in [0.15, 0.2) is 29.4 Å². The molecule has 1 fully saturated rings. The van der Waals surface area contributed by atoms with Crippen LogP contribution in [-0.2, 0) is 0 Å². The van der Waals surface area contributed by atoms with Gasteiger partial charge in [0.25, 0.3) is 0 Å². The second-order valence-electron chi connectivity index (χ2n) is 8.37. The molecule has 0 saturated heterocycles. The maximum Gasteiger partial charge on any atom is 0.0574 e. The molecule has 3 rings (SSSR count). The van der Waals surface area contributed by atoms with Crippen molar-refractivity contribution in [1.82, 2.24) is 0 Å². The van der Waals surface area contributed by atoms with Crippen molar-refractivity contribution in [3.05, 3.63) is 40.5 Å². The Balaban J connectivity index is 1.96. The number of benzene rings is 1. The zero-order chi connectivity index (χ0) is 18.7. The molecule has 4 atom stereocenters. The maximum atomic E-state index is 11.0. The molecule has 1 aliphatic carbocycles. The summed E-state index contributed by atoms with van der Waals surface area (Å²) in [5, 5.41) is 11.8. The first-order valence-corrected chi connectivity index (χ1v) is 10.5. The summed E-state index contributed by atoms with van der Waals surface area (Å²) >= 11 is 6.38. The van der Waals surface area contributed by atoms with Crippen LogP contribution in [-0.4, -0.2) is 17.4 Å². The Bertz CT molecular complexity index is 675. The van der Waals surface area contributed by atoms with Crippen molar-refractivity contribution in [2.45, 2.75) is 71.3 Å². The van der Waals surface area contributed by atoms with E-state index in [0.29, 0.717) is 17.8 Å². The lowest BCUT2D eigenvalue weighted by molar-refractivity contribution is 0.0638. The molecule has 1 aromatic rings. The SMILES string of the molecule is CC1=CN=CC(C)C(C)C(CC(O)C2CCCCC2)c2cc(Cl)ccc21. The molecule has 1 saturated carbocycles. The summed E-state index contributed by atoms with van der Waals surface area (Å²) in [5.74, 6) is 1.48. The minimum absolute atomic E-state index is 0.233. The van der Waals surface area contributed by atoms with Crippen LogP contribution < -0.4 is 0 Å². The Hall–Kier alpha value is -1.12. The van der Waals surface area contributed by atoms with Crippen LogP contribution in [0.1, 0.15) is 76.3 Å². The Morgan fingerprint density at radius 2 is 1.92 bits per heavy atom. The molecule has 0 amide bonds. The number of aliphatic hydroxyl groups excluding tert-OH is 1. The topological polar surface area (TPSA) is 32.6 Å². The quantitative estimate of drug-likeness (QED) is 0.646. The zero-order valence-electron chi connectivity index (χ0n) is 16.3. The lowest BCUT2D eigenvalue weighted by Crippen LogP contribution is -2.29. The van der Waals surface area contributed by atoms with Gasteiger partial charge in [-0.1, -0.05) is 50.8 Å². The van der Waals surface area contributed by atoms with Crippen LogP contribution in [0.4, 0.5) is 0 Å². The van der Waals surface area contributed by atoms with E-state index >= 15 is 0 Å². The Kier molecular flexibility index (Phi) is 6.58. The molecule has 0 spiro atoms. The van der Waals surface area contributed by atoms with E-state index in [-0.39, 0.29) is 12.0 Å². The van der Waals surface area contributed by atoms with Crippen molar-refractivity contribution in [1.29, 1.82) is 0 Å². The average molecular weight is 374 g/mol. The molecule has 0 aromatic heterocycles. The third-order valence-corrected chi connectivity index (χ3v) is 6.82. The van der Waals surface area contributed by atoms with Crippen LogP contribution in [0.3, 0.4) is 0 Å². The largest absolute Gasteiger partial charge is 0.393 e. The van der Waals surface area contributed by atoms with E-state index in [4.69, 9.17) is 11.6 Å². The highest BCUT2D eigenvalue weighted by Crippen LogP contribution is 2.41. The Morgan fingerprint density at radius 3 is 2.65 bits per heavy atom. The first-order chi connectivity index (χ1) is 12.5. The van der Waals surface area contributed by atoms with Crippen LogP contribution in [0, 0.1) is 17.8 Å². The molecule has 1 N–H and O–H groups in total. The second kappa shape index (κ2) is 8.71. The number of rotatable bonds is 3. The summed E-state index contributed by atoms with van der Waals surface area (Å²) < 4.78 is 0. The molecular formula is C23H32ClNO. The van der Waals surface area contributed by atoms with Gasteiger partial charge in [0, 0.05) is 17.4 Å². The van der Waals surface area contributed by atoms with Crippen LogP contribution >= 0.6 is 11.6 Å². The number of halogens is 1. The normalized spacial score (nSPS) is 28.5. The summed E-state index contributed by atoms with van der Waals surface area (Å²) in [6.07, 6.45) is 10.8. The minimum Gasteiger partial charge on any atom is -0.393 e. The predicted octanol–water partition coefficient (Wildman–Crippen LogP) is 6.47. The molecule has 1 heterocycles. The van der Waals surface area contributed by atoms with Crippen molar-refractivity contribution in [2.24, 2.45) is 22.7 Å². The lowest BCUT2D eigenvalue weighted by atomic mass is 9.72. The highest BCUT2D eigenvalue weighted by molar-refractivity contribution is 6.30. The molecule has 4 unspecified atom stereocenters. The fourth-order valence-electron chi connectivity index (χ4n) is 4.66. The van der Waals surface area contributed by atoms with Gasteiger partial charge in [0.1, 0.15) is 0 Å². The third-order valence-electron chi connectivity index (χ3n) is 6.58. The summed E-state index contributed by atoms with van der Waals surface area (Å²) in [6.45, 7) is 6.63. The highest BCUT2D eigenvalue weighted by Gasteiger charge is 2.31. The van der Waals surface area contributed by atoms with E-state index in [1.165, 1.54) is 43.2 Å². The Morgan fingerprint density at radius 1 is 1.19 bits per heavy atom. The standard InChI is InChI=1S/C23H32ClNO/c1-15-13-25-14-16(2)20-10-9-19(24)11-22(20)21(17(15)3)12-23(26)18-7-5-4-6-8-18/h9-11,13-15,17-18,21,23,26H,4-8,12H2,1-3H3. The molecule has 0 bridgehead atoms. The van der Waals surface area contributed by atoms with Gasteiger partial charge in [-0.05, 0) is 78.7 Å². The molecular weight excluding hydrogens is 342 g/mol. The van der Waals surface area contributed by atoms with E-state index in [2.05, 4.69) is 44.1 Å². The fraction of sp³-hybridized carbons (Fsp3) is 0.609. The molecule has 26 heavy (non-hydrogen) atoms. The van der Waals surface area contributed by atoms with Crippen LogP contribution in [0.5, 0.6) is 0 Å². The molecule has 3 heteroatoms. The highest BCUT2D eigenvalue weighted by atomic mass is 35.5. The summed E-state index contributed by atoms with van der Waals surface area (Å²) in [4.78, 5) is 4.55. The van der Waals surface area contributed by atoms with Crippen molar-refractivity contribution in [3.8, 4) is 0 Å². The van der Waals surface area contributed by atoms with Gasteiger partial charge >= 0.3 is 0 Å². The number of aliphatic imine (C=N–C) groups is 1. The monoisotopic (exact) mass is 373 g/mol. The molecule has 0 radical (unpaired) electrons. The maximum absolute atomic E-state index is 11.0. The van der Waals surface area contributed by atoms with Gasteiger partial charge in [0.15, 0.2) is 0 Å². The third kappa shape index (κ3) is 4.40. The number of allylic oxidation sites excluding steroid dienone is 1. The second-order valence-corrected chi connectivity index (χ2v) is 8.80. The first kappa shape index (κ1) is 19.6. The van der Waals surface area contributed by atoms with Gasteiger partial charge in [0.2, 0.25) is 0 Å². The molecule has 1 aliphatic heterocycles. The van der Waals surface area contributed by atoms with Gasteiger partial charge in [0.05, 0.1) is 6.10 Å². The van der Waals surface area contributed by atoms with E-state index in [1.807, 2.05) is 12.3 Å². The summed E-state index contributed by atoms with van der Waals surface area (Å²) in [7, 11) is 0. The lowest BCUT2D eigenvalue weighted by Gasteiger charge is -2.34. The molecule has 2 aliphatic rings. The number of hydrogen-bond donors (Lipinski definition) is 1. The van der Waals surface area contributed by atoms with Crippen molar-refractivity contribution in [2.75, 3.05) is 0 Å². The van der Waals surface area contributed by atoms with Crippen molar-refractivity contribution >= 4 is 23.4 Å². The molecule has 2 nitrogen and oxygen atoms in total. The fourth-order valence-corrected chi connectivity index (χ4v) is 4.84. The van der Waals surface area contributed by atoms with Crippen molar-refractivity contribution < 1.29 is 5.11 Å². The van der Waals surface area contributed by atoms with Crippen LogP contribution in [0.25, 0.3) is 5.57 Å². The van der Waals surface area contributed by atoms with E-state index in [9.17, 15) is 5.11 Å². The molecule has 1 aromatic carbocycles. The van der Waals surface area contributed by atoms with Gasteiger partial charge in [-0.25, -0.2) is 0 Å². The number of aliphatic hydroxyl groups is 1. The van der Waals surface area contributed by atoms with Crippen molar-refractivity contribution in [3.63, 3.8) is 0 Å². The summed E-state index contributed by atoms with van der Waals surface area (Å²) in [6, 6.07) is 6.19. The Labute approximate surface area is 163 Å². The van der Waals surface area contributed by atoms with Crippen LogP contribution in [0.2, 0.25) is 5.02 Å². The van der Waals surface area contributed by atoms with Gasteiger partial charge in [-0.3, -0.25) is 4.99 Å². The van der Waals surface area contributed by atoms with Gasteiger partial charge < -0.3 is 5.11 Å². The number of fused-ring (bicyclic) bond motifs is 1. The van der Waals surface area contributed by atoms with Gasteiger partial charge in [-0.15, -0.1) is 0 Å². The number of nitrogens with zero attached hydrogens (tertiary/aromatic N) is 1. The summed E-state index contributed by atoms with van der Waals surface area (Å²) in [5.41, 5.74) is 3.64. The van der Waals surface area contributed by atoms with Gasteiger partial charge in [-0.2, -0.15) is 0 Å². The minimum atomic E-state index is -0.233. The smallest absolute Gasteiger partial charge is 0.0574 e.